The van der Waals surface area contributed by atoms with E-state index in [4.69, 9.17) is 4.74 Å². The third-order valence-electron chi connectivity index (χ3n) is 3.24. The van der Waals surface area contributed by atoms with E-state index in [1.807, 2.05) is 27.7 Å². The van der Waals surface area contributed by atoms with Crippen LogP contribution in [0.5, 0.6) is 0 Å². The van der Waals surface area contributed by atoms with Crippen LogP contribution in [0.1, 0.15) is 54.9 Å². The van der Waals surface area contributed by atoms with E-state index < -0.39 is 6.04 Å². The zero-order valence-corrected chi connectivity index (χ0v) is 15.1. The van der Waals surface area contributed by atoms with Crippen molar-refractivity contribution in [3.05, 3.63) is 0 Å². The molecule has 122 valence electrons. The molecule has 0 aromatic carbocycles. The molecule has 1 aliphatic rings. The van der Waals surface area contributed by atoms with Crippen molar-refractivity contribution in [1.29, 1.82) is 0 Å². The Bertz CT molecular complexity index is 387. The summed E-state index contributed by atoms with van der Waals surface area (Å²) in [5.41, 5.74) is -0.0653. The number of carbonyl (C=O) groups is 2. The minimum absolute atomic E-state index is 0.0217. The second kappa shape index (κ2) is 7.03. The van der Waals surface area contributed by atoms with E-state index in [9.17, 15) is 9.59 Å². The Kier molecular flexibility index (Phi) is 6.14. The van der Waals surface area contributed by atoms with Crippen LogP contribution in [0.25, 0.3) is 0 Å². The molecule has 1 saturated heterocycles. The van der Waals surface area contributed by atoms with Crippen molar-refractivity contribution < 1.29 is 14.3 Å². The minimum Gasteiger partial charge on any atom is -0.461 e. The predicted octanol–water partition coefficient (Wildman–Crippen LogP) is 3.30. The van der Waals surface area contributed by atoms with E-state index in [0.717, 1.165) is 0 Å². The summed E-state index contributed by atoms with van der Waals surface area (Å²) in [7, 11) is 0. The molecule has 5 heteroatoms. The molecule has 2 atom stereocenters. The third kappa shape index (κ3) is 4.90. The highest BCUT2D eigenvalue weighted by atomic mass is 32.2. The first kappa shape index (κ1) is 18.3. The van der Waals surface area contributed by atoms with E-state index in [1.54, 1.807) is 16.7 Å². The molecule has 0 aliphatic carbocycles. The maximum Gasteiger partial charge on any atom is 0.330 e. The van der Waals surface area contributed by atoms with Crippen LogP contribution in [0.3, 0.4) is 0 Å². The molecular formula is C16H29NO3S. The average molecular weight is 315 g/mol. The van der Waals surface area contributed by atoms with Gasteiger partial charge in [0.25, 0.3) is 0 Å². The predicted molar refractivity (Wildman–Crippen MR) is 87.0 cm³/mol. The summed E-state index contributed by atoms with van der Waals surface area (Å²) in [4.78, 5) is 26.7. The Balaban J connectivity index is 2.97. The summed E-state index contributed by atoms with van der Waals surface area (Å²) in [5, 5.41) is 0.0217. The van der Waals surface area contributed by atoms with E-state index in [-0.39, 0.29) is 34.7 Å². The molecule has 0 bridgehead atoms. The molecular weight excluding hydrogens is 286 g/mol. The smallest absolute Gasteiger partial charge is 0.330 e. The number of thioether (sulfide) groups is 1. The maximum absolute atomic E-state index is 12.6. The summed E-state index contributed by atoms with van der Waals surface area (Å²) in [6.45, 7) is 14.0. The first-order valence-electron chi connectivity index (χ1n) is 7.67. The molecule has 0 N–H and O–H groups in total. The fraction of sp³-hybridized carbons (Fsp3) is 0.875. The molecule has 2 unspecified atom stereocenters. The quantitative estimate of drug-likeness (QED) is 0.747. The summed E-state index contributed by atoms with van der Waals surface area (Å²) < 4.78 is 5.33. The maximum atomic E-state index is 12.6. The Hall–Kier alpha value is -0.710. The van der Waals surface area contributed by atoms with Crippen LogP contribution >= 0.6 is 11.8 Å². The molecule has 0 radical (unpaired) electrons. The van der Waals surface area contributed by atoms with Crippen LogP contribution in [-0.4, -0.2) is 40.0 Å². The molecule has 0 aromatic rings. The SMILES string of the molecule is CC(C)CC(=O)N1C(C(=O)OC(C)C)CSC1C(C)(C)C. The summed E-state index contributed by atoms with van der Waals surface area (Å²) in [6.07, 6.45) is 0.316. The topological polar surface area (TPSA) is 46.6 Å². The molecule has 1 heterocycles. The van der Waals surface area contributed by atoms with Gasteiger partial charge >= 0.3 is 5.97 Å². The van der Waals surface area contributed by atoms with Gasteiger partial charge in [0.2, 0.25) is 5.91 Å². The molecule has 0 aromatic heterocycles. The van der Waals surface area contributed by atoms with Gasteiger partial charge in [-0.1, -0.05) is 34.6 Å². The molecule has 0 saturated carbocycles. The van der Waals surface area contributed by atoms with Crippen molar-refractivity contribution >= 4 is 23.6 Å². The first-order chi connectivity index (χ1) is 9.54. The van der Waals surface area contributed by atoms with Gasteiger partial charge in [-0.2, -0.15) is 0 Å². The summed E-state index contributed by atoms with van der Waals surface area (Å²) >= 11 is 1.68. The molecule has 4 nitrogen and oxygen atoms in total. The standard InChI is InChI=1S/C16H29NO3S/c1-10(2)8-13(18)17-12(14(19)20-11(3)4)9-21-15(17)16(5,6)7/h10-12,15H,8-9H2,1-7H3. The van der Waals surface area contributed by atoms with Gasteiger partial charge in [0.1, 0.15) is 6.04 Å². The normalized spacial score (nSPS) is 23.0. The molecule has 0 spiro atoms. The zero-order valence-electron chi connectivity index (χ0n) is 14.3. The lowest BCUT2D eigenvalue weighted by molar-refractivity contribution is -0.158. The number of nitrogens with zero attached hydrogens (tertiary/aromatic N) is 1. The van der Waals surface area contributed by atoms with E-state index >= 15 is 0 Å². The monoisotopic (exact) mass is 315 g/mol. The van der Waals surface area contributed by atoms with Crippen molar-refractivity contribution in [2.75, 3.05) is 5.75 Å². The third-order valence-corrected chi connectivity index (χ3v) is 4.99. The molecule has 21 heavy (non-hydrogen) atoms. The zero-order chi connectivity index (χ0) is 16.4. The van der Waals surface area contributed by atoms with Gasteiger partial charge in [-0.05, 0) is 25.2 Å². The Morgan fingerprint density at radius 2 is 1.81 bits per heavy atom. The molecule has 1 fully saturated rings. The lowest BCUT2D eigenvalue weighted by Crippen LogP contribution is -2.50. The fourth-order valence-corrected chi connectivity index (χ4v) is 4.01. The Morgan fingerprint density at radius 1 is 1.24 bits per heavy atom. The molecule has 1 rings (SSSR count). The highest BCUT2D eigenvalue weighted by molar-refractivity contribution is 8.00. The van der Waals surface area contributed by atoms with Crippen LogP contribution in [-0.2, 0) is 14.3 Å². The van der Waals surface area contributed by atoms with Gasteiger partial charge in [-0.25, -0.2) is 4.79 Å². The van der Waals surface area contributed by atoms with Crippen LogP contribution in [0.4, 0.5) is 0 Å². The Labute approximate surface area is 133 Å². The van der Waals surface area contributed by atoms with E-state index in [0.29, 0.717) is 12.2 Å². The van der Waals surface area contributed by atoms with Crippen LogP contribution in [0, 0.1) is 11.3 Å². The van der Waals surface area contributed by atoms with Crippen LogP contribution < -0.4 is 0 Å². The van der Waals surface area contributed by atoms with Gasteiger partial charge in [0.05, 0.1) is 11.5 Å². The highest BCUT2D eigenvalue weighted by Gasteiger charge is 2.46. The second-order valence-electron chi connectivity index (χ2n) is 7.45. The van der Waals surface area contributed by atoms with Gasteiger partial charge < -0.3 is 9.64 Å². The average Bonchev–Trinajstić information content (AvgIpc) is 2.70. The number of rotatable bonds is 4. The van der Waals surface area contributed by atoms with Gasteiger partial charge in [0.15, 0.2) is 0 Å². The summed E-state index contributed by atoms with van der Waals surface area (Å²) in [6, 6.07) is -0.451. The van der Waals surface area contributed by atoms with Crippen molar-refractivity contribution in [2.45, 2.75) is 72.4 Å². The van der Waals surface area contributed by atoms with Crippen molar-refractivity contribution in [2.24, 2.45) is 11.3 Å². The van der Waals surface area contributed by atoms with Crippen molar-refractivity contribution in [3.8, 4) is 0 Å². The minimum atomic E-state index is -0.451. The molecule has 1 aliphatic heterocycles. The van der Waals surface area contributed by atoms with E-state index in [1.165, 1.54) is 0 Å². The lowest BCUT2D eigenvalue weighted by atomic mass is 9.94. The van der Waals surface area contributed by atoms with Gasteiger partial charge in [-0.15, -0.1) is 11.8 Å². The highest BCUT2D eigenvalue weighted by Crippen LogP contribution is 2.41. The largest absolute Gasteiger partial charge is 0.461 e. The van der Waals surface area contributed by atoms with Gasteiger partial charge in [-0.3, -0.25) is 4.79 Å². The number of ether oxygens (including phenoxy) is 1. The number of esters is 1. The number of carbonyl (C=O) groups excluding carboxylic acids is 2. The number of amides is 1. The fourth-order valence-electron chi connectivity index (χ4n) is 2.43. The lowest BCUT2D eigenvalue weighted by Gasteiger charge is -2.36. The summed E-state index contributed by atoms with van der Waals surface area (Å²) in [5.74, 6) is 0.685. The van der Waals surface area contributed by atoms with Gasteiger partial charge in [0, 0.05) is 12.2 Å². The Morgan fingerprint density at radius 3 is 2.24 bits per heavy atom. The van der Waals surface area contributed by atoms with Crippen LogP contribution in [0.15, 0.2) is 0 Å². The molecule has 1 amide bonds. The van der Waals surface area contributed by atoms with Crippen molar-refractivity contribution in [3.63, 3.8) is 0 Å². The second-order valence-corrected chi connectivity index (χ2v) is 8.57. The number of hydrogen-bond acceptors (Lipinski definition) is 4. The van der Waals surface area contributed by atoms with E-state index in [2.05, 4.69) is 20.8 Å². The van der Waals surface area contributed by atoms with Crippen LogP contribution in [0.2, 0.25) is 0 Å². The number of hydrogen-bond donors (Lipinski definition) is 0. The first-order valence-corrected chi connectivity index (χ1v) is 8.72. The van der Waals surface area contributed by atoms with Crippen molar-refractivity contribution in [1.82, 2.24) is 4.90 Å².